The molecule has 0 aromatic carbocycles. The van der Waals surface area contributed by atoms with Gasteiger partial charge in [-0.25, -0.2) is 9.97 Å². The van der Waals surface area contributed by atoms with Crippen LogP contribution in [0.5, 0.6) is 0 Å². The molecule has 1 aromatic rings. The van der Waals surface area contributed by atoms with Gasteiger partial charge in [-0.3, -0.25) is 4.79 Å². The minimum atomic E-state index is -0.0300. The minimum absolute atomic E-state index is 0.0300. The van der Waals surface area contributed by atoms with Crippen molar-refractivity contribution in [2.75, 3.05) is 6.26 Å². The number of rotatable bonds is 3. The molecular formula is C8H9ClN2OS. The molecule has 1 rings (SSSR count). The minimum Gasteiger partial charge on any atom is -0.294 e. The third kappa shape index (κ3) is 2.42. The van der Waals surface area contributed by atoms with Crippen molar-refractivity contribution in [1.82, 2.24) is 9.97 Å². The summed E-state index contributed by atoms with van der Waals surface area (Å²) in [5.41, 5.74) is 0.405. The number of halogens is 1. The molecule has 3 nitrogen and oxygen atoms in total. The molecule has 1 heterocycles. The van der Waals surface area contributed by atoms with Crippen molar-refractivity contribution in [3.63, 3.8) is 0 Å². The Morgan fingerprint density at radius 1 is 1.69 bits per heavy atom. The molecule has 0 spiro atoms. The molecule has 0 aliphatic rings. The molecule has 0 bridgehead atoms. The van der Waals surface area contributed by atoms with E-state index in [1.54, 1.807) is 6.92 Å². The first-order valence-electron chi connectivity index (χ1n) is 3.78. The Morgan fingerprint density at radius 2 is 2.38 bits per heavy atom. The van der Waals surface area contributed by atoms with E-state index >= 15 is 0 Å². The van der Waals surface area contributed by atoms with Gasteiger partial charge in [0.1, 0.15) is 5.15 Å². The number of ketones is 1. The van der Waals surface area contributed by atoms with E-state index in [1.165, 1.54) is 18.0 Å². The van der Waals surface area contributed by atoms with Gasteiger partial charge in [-0.1, -0.05) is 30.3 Å². The quantitative estimate of drug-likeness (QED) is 0.337. The van der Waals surface area contributed by atoms with E-state index < -0.39 is 0 Å². The van der Waals surface area contributed by atoms with E-state index in [2.05, 4.69) is 9.97 Å². The summed E-state index contributed by atoms with van der Waals surface area (Å²) >= 11 is 7.19. The highest BCUT2D eigenvalue weighted by atomic mass is 35.5. The van der Waals surface area contributed by atoms with Crippen molar-refractivity contribution in [2.45, 2.75) is 18.5 Å². The largest absolute Gasteiger partial charge is 0.294 e. The van der Waals surface area contributed by atoms with Gasteiger partial charge in [-0.2, -0.15) is 0 Å². The van der Waals surface area contributed by atoms with Gasteiger partial charge in [-0.05, 0) is 6.26 Å². The van der Waals surface area contributed by atoms with Gasteiger partial charge in [0.2, 0.25) is 0 Å². The molecule has 70 valence electrons. The second kappa shape index (κ2) is 4.58. The molecule has 0 radical (unpaired) electrons. The van der Waals surface area contributed by atoms with E-state index in [-0.39, 0.29) is 10.9 Å². The van der Waals surface area contributed by atoms with Crippen LogP contribution in [-0.4, -0.2) is 22.0 Å². The third-order valence-corrected chi connectivity index (χ3v) is 2.37. The lowest BCUT2D eigenvalue weighted by Crippen LogP contribution is -2.01. The van der Waals surface area contributed by atoms with E-state index in [0.29, 0.717) is 17.1 Å². The van der Waals surface area contributed by atoms with Gasteiger partial charge < -0.3 is 0 Å². The second-order valence-electron chi connectivity index (χ2n) is 2.34. The highest BCUT2D eigenvalue weighted by molar-refractivity contribution is 7.98. The zero-order valence-electron chi connectivity index (χ0n) is 7.37. The summed E-state index contributed by atoms with van der Waals surface area (Å²) < 4.78 is 0. The fraction of sp³-hybridized carbons (Fsp3) is 0.375. The van der Waals surface area contributed by atoms with Crippen LogP contribution in [0.4, 0.5) is 0 Å². The number of hydrogen-bond donors (Lipinski definition) is 0. The number of thioether (sulfide) groups is 1. The van der Waals surface area contributed by atoms with E-state index in [1.807, 2.05) is 6.26 Å². The molecule has 0 fully saturated rings. The molecule has 0 saturated heterocycles. The van der Waals surface area contributed by atoms with Crippen molar-refractivity contribution in [1.29, 1.82) is 0 Å². The van der Waals surface area contributed by atoms with Crippen LogP contribution in [0.1, 0.15) is 23.7 Å². The molecule has 0 N–H and O–H groups in total. The molecule has 1 aromatic heterocycles. The van der Waals surface area contributed by atoms with Crippen molar-refractivity contribution >= 4 is 29.1 Å². The maximum absolute atomic E-state index is 11.3. The van der Waals surface area contributed by atoms with Gasteiger partial charge in [0.15, 0.2) is 10.9 Å². The lowest BCUT2D eigenvalue weighted by atomic mass is 10.2. The highest BCUT2D eigenvalue weighted by Crippen LogP contribution is 2.17. The Kier molecular flexibility index (Phi) is 3.69. The zero-order valence-corrected chi connectivity index (χ0v) is 8.95. The lowest BCUT2D eigenvalue weighted by molar-refractivity contribution is 0.0987. The number of carbonyl (C=O) groups excluding carboxylic acids is 1. The number of aromatic nitrogens is 2. The predicted molar refractivity (Wildman–Crippen MR) is 53.4 cm³/mol. The van der Waals surface area contributed by atoms with Crippen LogP contribution >= 0.6 is 23.4 Å². The van der Waals surface area contributed by atoms with Crippen molar-refractivity contribution in [3.8, 4) is 0 Å². The molecule has 13 heavy (non-hydrogen) atoms. The van der Waals surface area contributed by atoms with Crippen LogP contribution in [-0.2, 0) is 0 Å². The van der Waals surface area contributed by atoms with Crippen molar-refractivity contribution in [3.05, 3.63) is 16.9 Å². The van der Waals surface area contributed by atoms with Gasteiger partial charge >= 0.3 is 0 Å². The van der Waals surface area contributed by atoms with E-state index in [4.69, 9.17) is 11.6 Å². The first kappa shape index (κ1) is 10.5. The van der Waals surface area contributed by atoms with Crippen LogP contribution in [0.25, 0.3) is 0 Å². The van der Waals surface area contributed by atoms with Crippen molar-refractivity contribution in [2.24, 2.45) is 0 Å². The smallest absolute Gasteiger partial charge is 0.188 e. The fourth-order valence-corrected chi connectivity index (χ4v) is 1.45. The summed E-state index contributed by atoms with van der Waals surface area (Å²) in [4.78, 5) is 19.2. The monoisotopic (exact) mass is 216 g/mol. The van der Waals surface area contributed by atoms with Gasteiger partial charge in [0.25, 0.3) is 0 Å². The third-order valence-electron chi connectivity index (χ3n) is 1.52. The molecule has 5 heteroatoms. The maximum atomic E-state index is 11.3. The predicted octanol–water partition coefficient (Wildman–Crippen LogP) is 2.44. The fourth-order valence-electron chi connectivity index (χ4n) is 0.822. The Balaban J connectivity index is 3.05. The van der Waals surface area contributed by atoms with Gasteiger partial charge in [0, 0.05) is 12.6 Å². The van der Waals surface area contributed by atoms with E-state index in [0.717, 1.165) is 0 Å². The molecule has 0 saturated carbocycles. The molecule has 0 amide bonds. The maximum Gasteiger partial charge on any atom is 0.188 e. The Hall–Kier alpha value is -0.610. The number of hydrogen-bond acceptors (Lipinski definition) is 4. The Labute approximate surface area is 85.9 Å². The highest BCUT2D eigenvalue weighted by Gasteiger charge is 2.10. The summed E-state index contributed by atoms with van der Waals surface area (Å²) in [5, 5.41) is 0.823. The average molecular weight is 217 g/mol. The Morgan fingerprint density at radius 3 is 2.85 bits per heavy atom. The van der Waals surface area contributed by atoms with Crippen LogP contribution in [0.15, 0.2) is 11.4 Å². The first-order chi connectivity index (χ1) is 6.19. The Bertz CT molecular complexity index is 330. The number of carbonyl (C=O) groups is 1. The molecular weight excluding hydrogens is 208 g/mol. The zero-order chi connectivity index (χ0) is 9.84. The normalized spacial score (nSPS) is 10.1. The van der Waals surface area contributed by atoms with Crippen LogP contribution in [0.2, 0.25) is 5.15 Å². The first-order valence-corrected chi connectivity index (χ1v) is 5.39. The lowest BCUT2D eigenvalue weighted by Gasteiger charge is -2.00. The van der Waals surface area contributed by atoms with Gasteiger partial charge in [-0.15, -0.1) is 0 Å². The number of nitrogens with zero attached hydrogens (tertiary/aromatic N) is 2. The summed E-state index contributed by atoms with van der Waals surface area (Å²) in [6.07, 6.45) is 3.75. The van der Waals surface area contributed by atoms with Crippen LogP contribution in [0.3, 0.4) is 0 Å². The summed E-state index contributed by atoms with van der Waals surface area (Å²) in [5.74, 6) is -0.0300. The standard InChI is InChI=1S/C8H9ClN2OS/c1-3-6(12)5-4-10-8(13-2)11-7(5)9/h4H,3H2,1-2H3. The molecule has 0 atom stereocenters. The summed E-state index contributed by atoms with van der Waals surface area (Å²) in [7, 11) is 0. The molecule has 0 aliphatic heterocycles. The van der Waals surface area contributed by atoms with Crippen molar-refractivity contribution < 1.29 is 4.79 Å². The van der Waals surface area contributed by atoms with Gasteiger partial charge in [0.05, 0.1) is 5.56 Å². The molecule has 0 aliphatic carbocycles. The van der Waals surface area contributed by atoms with Crippen LogP contribution < -0.4 is 0 Å². The SMILES string of the molecule is CCC(=O)c1cnc(SC)nc1Cl. The summed E-state index contributed by atoms with van der Waals surface area (Å²) in [6, 6.07) is 0. The van der Waals surface area contributed by atoms with Crippen LogP contribution in [0, 0.1) is 0 Å². The topological polar surface area (TPSA) is 42.9 Å². The summed E-state index contributed by atoms with van der Waals surface area (Å²) in [6.45, 7) is 1.78. The van der Waals surface area contributed by atoms with E-state index in [9.17, 15) is 4.79 Å². The molecule has 0 unspecified atom stereocenters. The average Bonchev–Trinajstić information content (AvgIpc) is 2.16. The second-order valence-corrected chi connectivity index (χ2v) is 3.47. The number of Topliss-reactive ketones (excluding diaryl/α,β-unsaturated/α-hetero) is 1.